The van der Waals surface area contributed by atoms with E-state index in [0.717, 1.165) is 11.5 Å². The van der Waals surface area contributed by atoms with E-state index in [2.05, 4.69) is 35.8 Å². The smallest absolute Gasteiger partial charge is 0.124 e. The first-order valence-electron chi connectivity index (χ1n) is 13.5. The van der Waals surface area contributed by atoms with Crippen molar-refractivity contribution in [3.63, 3.8) is 0 Å². The number of nitrogens with zero attached hydrogens (tertiary/aromatic N) is 6. The molecule has 4 aromatic rings. The molecule has 11 nitrogen and oxygen atoms in total. The highest BCUT2D eigenvalue weighted by molar-refractivity contribution is 5.85. The standard InChI is InChI=1S/C32H33N7O4/c1-42-29-9-3-25(4-10-29)36-38-27-7-13-31(40)23(19-27)21-34-17-15-33-16-18-35-22-24-20-28(8-14-32(24)41)39-37-26-5-11-30(43-2)12-6-26/h3-14,19-22,33,40-41H,15-18H2,1-2H3. The Balaban J connectivity index is 1.19. The SMILES string of the molecule is COc1ccc(N=Nc2ccc(O)c(C=NCCNCCN=Cc3cc(N=Nc4ccc(OC)cc4)ccc3O)c2)cc1. The van der Waals surface area contributed by atoms with Gasteiger partial charge in [-0.25, -0.2) is 0 Å². The van der Waals surface area contributed by atoms with Crippen LogP contribution in [0.25, 0.3) is 0 Å². The van der Waals surface area contributed by atoms with Crippen molar-refractivity contribution < 1.29 is 19.7 Å². The van der Waals surface area contributed by atoms with E-state index in [0.29, 0.717) is 60.1 Å². The zero-order chi connectivity index (χ0) is 30.3. The monoisotopic (exact) mass is 579 g/mol. The van der Waals surface area contributed by atoms with Crippen LogP contribution in [0.3, 0.4) is 0 Å². The molecule has 0 atom stereocenters. The predicted molar refractivity (Wildman–Crippen MR) is 168 cm³/mol. The van der Waals surface area contributed by atoms with Crippen LogP contribution in [0, 0.1) is 0 Å². The summed E-state index contributed by atoms with van der Waals surface area (Å²) in [6.45, 7) is 2.30. The summed E-state index contributed by atoms with van der Waals surface area (Å²) in [7, 11) is 3.22. The van der Waals surface area contributed by atoms with Crippen molar-refractivity contribution >= 4 is 35.2 Å². The molecule has 0 aliphatic heterocycles. The molecule has 0 aliphatic rings. The molecule has 0 saturated heterocycles. The van der Waals surface area contributed by atoms with Crippen LogP contribution in [0.2, 0.25) is 0 Å². The molecular weight excluding hydrogens is 546 g/mol. The molecule has 4 rings (SSSR count). The lowest BCUT2D eigenvalue weighted by atomic mass is 10.2. The molecule has 0 spiro atoms. The van der Waals surface area contributed by atoms with Gasteiger partial charge in [-0.3, -0.25) is 9.98 Å². The quantitative estimate of drug-likeness (QED) is 0.0831. The van der Waals surface area contributed by atoms with E-state index in [1.54, 1.807) is 63.0 Å². The van der Waals surface area contributed by atoms with Gasteiger partial charge in [0.15, 0.2) is 0 Å². The van der Waals surface area contributed by atoms with E-state index >= 15 is 0 Å². The van der Waals surface area contributed by atoms with Gasteiger partial charge < -0.3 is 25.0 Å². The van der Waals surface area contributed by atoms with Crippen molar-refractivity contribution in [2.24, 2.45) is 30.4 Å². The molecule has 0 unspecified atom stereocenters. The van der Waals surface area contributed by atoms with Crippen LogP contribution in [0.5, 0.6) is 23.0 Å². The molecule has 0 aromatic heterocycles. The second-order valence-electron chi connectivity index (χ2n) is 9.10. The average Bonchev–Trinajstić information content (AvgIpc) is 3.04. The summed E-state index contributed by atoms with van der Waals surface area (Å²) in [5, 5.41) is 40.5. The van der Waals surface area contributed by atoms with Crippen LogP contribution in [-0.4, -0.2) is 63.0 Å². The Kier molecular flexibility index (Phi) is 11.5. The molecule has 0 radical (unpaired) electrons. The number of hydrogen-bond acceptors (Lipinski definition) is 11. The van der Waals surface area contributed by atoms with Gasteiger partial charge in [-0.2, -0.15) is 20.5 Å². The lowest BCUT2D eigenvalue weighted by Crippen LogP contribution is -2.20. The fraction of sp³-hybridized carbons (Fsp3) is 0.188. The summed E-state index contributed by atoms with van der Waals surface area (Å²) in [6, 6.07) is 24.4. The lowest BCUT2D eigenvalue weighted by Gasteiger charge is -2.02. The first-order chi connectivity index (χ1) is 21.0. The number of benzene rings is 4. The maximum Gasteiger partial charge on any atom is 0.124 e. The third-order valence-electron chi connectivity index (χ3n) is 6.03. The number of nitrogens with one attached hydrogen (secondary N) is 1. The molecule has 0 aliphatic carbocycles. The fourth-order valence-electron chi connectivity index (χ4n) is 3.68. The number of phenolic OH excluding ortho intramolecular Hbond substituents is 2. The minimum absolute atomic E-state index is 0.115. The van der Waals surface area contributed by atoms with Crippen molar-refractivity contribution in [2.75, 3.05) is 40.4 Å². The Hall–Kier alpha value is -5.42. The molecule has 220 valence electrons. The second kappa shape index (κ2) is 16.1. The number of rotatable bonds is 14. The number of phenols is 2. The Morgan fingerprint density at radius 2 is 0.930 bits per heavy atom. The maximum atomic E-state index is 10.2. The maximum absolute atomic E-state index is 10.2. The summed E-state index contributed by atoms with van der Waals surface area (Å²) in [4.78, 5) is 8.77. The Morgan fingerprint density at radius 1 is 0.558 bits per heavy atom. The van der Waals surface area contributed by atoms with Crippen molar-refractivity contribution in [2.45, 2.75) is 0 Å². The van der Waals surface area contributed by atoms with Crippen LogP contribution in [-0.2, 0) is 0 Å². The van der Waals surface area contributed by atoms with Gasteiger partial charge in [0.05, 0.1) is 50.1 Å². The zero-order valence-electron chi connectivity index (χ0n) is 24.0. The molecule has 0 fully saturated rings. The molecular formula is C32H33N7O4. The van der Waals surface area contributed by atoms with Gasteiger partial charge in [0.2, 0.25) is 0 Å². The third kappa shape index (κ3) is 9.87. The molecule has 11 heteroatoms. The van der Waals surface area contributed by atoms with Gasteiger partial charge in [0.25, 0.3) is 0 Å². The highest BCUT2D eigenvalue weighted by atomic mass is 16.5. The first kappa shape index (κ1) is 30.5. The van der Waals surface area contributed by atoms with E-state index in [1.807, 2.05) is 48.5 Å². The van der Waals surface area contributed by atoms with Crippen molar-refractivity contribution in [3.8, 4) is 23.0 Å². The summed E-state index contributed by atoms with van der Waals surface area (Å²) < 4.78 is 10.3. The van der Waals surface area contributed by atoms with Gasteiger partial charge >= 0.3 is 0 Å². The van der Waals surface area contributed by atoms with Gasteiger partial charge in [0.1, 0.15) is 23.0 Å². The van der Waals surface area contributed by atoms with E-state index in [-0.39, 0.29) is 11.5 Å². The Bertz CT molecular complexity index is 1470. The van der Waals surface area contributed by atoms with Crippen LogP contribution in [0.1, 0.15) is 11.1 Å². The fourth-order valence-corrected chi connectivity index (χ4v) is 3.68. The Labute approximate surface area is 250 Å². The topological polar surface area (TPSA) is 145 Å². The van der Waals surface area contributed by atoms with Crippen LogP contribution in [0.4, 0.5) is 22.7 Å². The van der Waals surface area contributed by atoms with E-state index < -0.39 is 0 Å². The minimum Gasteiger partial charge on any atom is -0.507 e. The second-order valence-corrected chi connectivity index (χ2v) is 9.10. The molecule has 3 N–H and O–H groups in total. The minimum atomic E-state index is 0.115. The normalized spacial score (nSPS) is 11.8. The molecule has 0 heterocycles. The largest absolute Gasteiger partial charge is 0.507 e. The predicted octanol–water partition coefficient (Wildman–Crippen LogP) is 7.07. The van der Waals surface area contributed by atoms with Gasteiger partial charge in [-0.15, -0.1) is 0 Å². The third-order valence-corrected chi connectivity index (χ3v) is 6.03. The summed E-state index contributed by atoms with van der Waals surface area (Å²) in [6.07, 6.45) is 3.23. The molecule has 0 bridgehead atoms. The molecule has 0 amide bonds. The number of methoxy groups -OCH3 is 2. The summed E-state index contributed by atoms with van der Waals surface area (Å²) >= 11 is 0. The van der Waals surface area contributed by atoms with Crippen molar-refractivity contribution in [1.82, 2.24) is 5.32 Å². The Morgan fingerprint density at radius 3 is 1.33 bits per heavy atom. The molecule has 43 heavy (non-hydrogen) atoms. The summed E-state index contributed by atoms with van der Waals surface area (Å²) in [5.74, 6) is 1.72. The van der Waals surface area contributed by atoms with E-state index in [4.69, 9.17) is 9.47 Å². The van der Waals surface area contributed by atoms with Gasteiger partial charge in [-0.1, -0.05) is 0 Å². The lowest BCUT2D eigenvalue weighted by molar-refractivity contribution is 0.414. The number of aromatic hydroxyl groups is 2. The van der Waals surface area contributed by atoms with Crippen LogP contribution < -0.4 is 14.8 Å². The molecule has 4 aromatic carbocycles. The summed E-state index contributed by atoms with van der Waals surface area (Å²) in [5.41, 5.74) is 3.70. The van der Waals surface area contributed by atoms with Gasteiger partial charge in [-0.05, 0) is 84.9 Å². The van der Waals surface area contributed by atoms with Crippen molar-refractivity contribution in [1.29, 1.82) is 0 Å². The highest BCUT2D eigenvalue weighted by Crippen LogP contribution is 2.26. The average molecular weight is 580 g/mol. The highest BCUT2D eigenvalue weighted by Gasteiger charge is 2.02. The number of ether oxygens (including phenoxy) is 2. The zero-order valence-corrected chi connectivity index (χ0v) is 24.0. The van der Waals surface area contributed by atoms with Crippen LogP contribution >= 0.6 is 0 Å². The van der Waals surface area contributed by atoms with E-state index in [9.17, 15) is 10.2 Å². The molecule has 0 saturated carbocycles. The number of aliphatic imine (C=N–C) groups is 2. The number of azo groups is 2. The number of hydrogen-bond donors (Lipinski definition) is 3. The van der Waals surface area contributed by atoms with E-state index in [1.165, 1.54) is 0 Å². The van der Waals surface area contributed by atoms with Crippen molar-refractivity contribution in [3.05, 3.63) is 96.1 Å². The van der Waals surface area contributed by atoms with Crippen LogP contribution in [0.15, 0.2) is 115 Å². The first-order valence-corrected chi connectivity index (χ1v) is 13.5. The van der Waals surface area contributed by atoms with Gasteiger partial charge in [0, 0.05) is 36.6 Å².